The van der Waals surface area contributed by atoms with Crippen molar-refractivity contribution in [3.8, 4) is 11.1 Å². The van der Waals surface area contributed by atoms with E-state index in [4.69, 9.17) is 0 Å². The van der Waals surface area contributed by atoms with Gasteiger partial charge in [0.15, 0.2) is 0 Å². The van der Waals surface area contributed by atoms with Crippen LogP contribution in [0, 0.1) is 0 Å². The van der Waals surface area contributed by atoms with E-state index in [0.29, 0.717) is 33.2 Å². The lowest BCUT2D eigenvalue weighted by Gasteiger charge is -2.14. The molecule has 0 amide bonds. The van der Waals surface area contributed by atoms with E-state index in [2.05, 4.69) is 0 Å². The van der Waals surface area contributed by atoms with E-state index in [1.807, 2.05) is 0 Å². The zero-order valence-electron chi connectivity index (χ0n) is 18.3. The Balaban J connectivity index is 1.83. The standard InChI is InChI=1S/C26H19F6NO2/c1-15(16-5-8-19(9-6-16)25(27,28)29)22-13-33(14-24(34)35)23-10-7-18(12-21(22)23)17-3-2-4-20(11-17)26(30,31)32/h2-13,15H,14H2,1H3,(H,34,35). The Morgan fingerprint density at radius 3 is 2.09 bits per heavy atom. The second-order valence-corrected chi connectivity index (χ2v) is 8.26. The quantitative estimate of drug-likeness (QED) is 0.293. The third-order valence-corrected chi connectivity index (χ3v) is 5.95. The molecule has 0 saturated heterocycles. The Labute approximate surface area is 196 Å². The zero-order valence-corrected chi connectivity index (χ0v) is 18.3. The van der Waals surface area contributed by atoms with E-state index in [-0.39, 0.29) is 6.54 Å². The first-order valence-corrected chi connectivity index (χ1v) is 10.5. The highest BCUT2D eigenvalue weighted by atomic mass is 19.4. The number of carboxylic acid groups (broad SMARTS) is 1. The minimum absolute atomic E-state index is 0.334. The molecule has 0 aliphatic rings. The molecule has 0 spiro atoms. The number of halogens is 6. The normalized spacial score (nSPS) is 13.2. The summed E-state index contributed by atoms with van der Waals surface area (Å²) in [6, 6.07) is 14.5. The van der Waals surface area contributed by atoms with Gasteiger partial charge in [-0.1, -0.05) is 37.3 Å². The van der Waals surface area contributed by atoms with Crippen LogP contribution in [0.15, 0.2) is 72.9 Å². The molecule has 0 fully saturated rings. The number of hydrogen-bond acceptors (Lipinski definition) is 1. The third kappa shape index (κ3) is 5.03. The van der Waals surface area contributed by atoms with Gasteiger partial charge < -0.3 is 9.67 Å². The van der Waals surface area contributed by atoms with Gasteiger partial charge in [-0.05, 0) is 58.7 Å². The smallest absolute Gasteiger partial charge is 0.416 e. The maximum atomic E-state index is 13.2. The van der Waals surface area contributed by atoms with E-state index in [9.17, 15) is 36.2 Å². The molecule has 1 N–H and O–H groups in total. The van der Waals surface area contributed by atoms with Crippen molar-refractivity contribution in [2.75, 3.05) is 0 Å². The Kier molecular flexibility index (Phi) is 6.12. The maximum Gasteiger partial charge on any atom is 0.416 e. The number of carbonyl (C=O) groups is 1. The van der Waals surface area contributed by atoms with Crippen LogP contribution in [-0.4, -0.2) is 15.6 Å². The third-order valence-electron chi connectivity index (χ3n) is 5.95. The molecular weight excluding hydrogens is 472 g/mol. The molecule has 0 aliphatic heterocycles. The highest BCUT2D eigenvalue weighted by molar-refractivity contribution is 5.90. The molecule has 9 heteroatoms. The van der Waals surface area contributed by atoms with E-state index in [1.165, 1.54) is 22.8 Å². The molecular formula is C26H19F6NO2. The van der Waals surface area contributed by atoms with Gasteiger partial charge in [-0.25, -0.2) is 0 Å². The predicted octanol–water partition coefficient (Wildman–Crippen LogP) is 7.58. The molecule has 1 aromatic heterocycles. The summed E-state index contributed by atoms with van der Waals surface area (Å²) in [5.41, 5.74) is 1.03. The van der Waals surface area contributed by atoms with Gasteiger partial charge in [-0.3, -0.25) is 4.79 Å². The Bertz CT molecular complexity index is 1380. The lowest BCUT2D eigenvalue weighted by Crippen LogP contribution is -2.07. The molecule has 1 unspecified atom stereocenters. The van der Waals surface area contributed by atoms with Gasteiger partial charge in [-0.15, -0.1) is 0 Å². The largest absolute Gasteiger partial charge is 0.480 e. The van der Waals surface area contributed by atoms with Crippen molar-refractivity contribution in [1.82, 2.24) is 4.57 Å². The van der Waals surface area contributed by atoms with Gasteiger partial charge in [0, 0.05) is 23.0 Å². The molecule has 1 heterocycles. The van der Waals surface area contributed by atoms with Crippen LogP contribution < -0.4 is 0 Å². The molecule has 0 saturated carbocycles. The number of carboxylic acids is 1. The number of alkyl halides is 6. The minimum Gasteiger partial charge on any atom is -0.480 e. The second-order valence-electron chi connectivity index (χ2n) is 8.26. The first-order valence-electron chi connectivity index (χ1n) is 10.5. The highest BCUT2D eigenvalue weighted by Gasteiger charge is 2.31. The fourth-order valence-corrected chi connectivity index (χ4v) is 4.14. The van der Waals surface area contributed by atoms with Crippen LogP contribution in [0.4, 0.5) is 26.3 Å². The Morgan fingerprint density at radius 1 is 0.857 bits per heavy atom. The number of aromatic nitrogens is 1. The number of hydrogen-bond donors (Lipinski definition) is 1. The maximum absolute atomic E-state index is 13.2. The number of fused-ring (bicyclic) bond motifs is 1. The monoisotopic (exact) mass is 491 g/mol. The van der Waals surface area contributed by atoms with Gasteiger partial charge >= 0.3 is 18.3 Å². The molecule has 0 bridgehead atoms. The number of nitrogens with zero attached hydrogens (tertiary/aromatic N) is 1. The fraction of sp³-hybridized carbons (Fsp3) is 0.192. The molecule has 35 heavy (non-hydrogen) atoms. The SMILES string of the molecule is CC(c1ccc(C(F)(F)F)cc1)c1cn(CC(=O)O)c2ccc(-c3cccc(C(F)(F)F)c3)cc12. The first kappa shape index (κ1) is 24.4. The van der Waals surface area contributed by atoms with Crippen molar-refractivity contribution < 1.29 is 36.2 Å². The molecule has 3 aromatic carbocycles. The summed E-state index contributed by atoms with van der Waals surface area (Å²) >= 11 is 0. The summed E-state index contributed by atoms with van der Waals surface area (Å²) in [7, 11) is 0. The van der Waals surface area contributed by atoms with Crippen molar-refractivity contribution in [3.63, 3.8) is 0 Å². The summed E-state index contributed by atoms with van der Waals surface area (Å²) in [5.74, 6) is -1.50. The predicted molar refractivity (Wildman–Crippen MR) is 119 cm³/mol. The highest BCUT2D eigenvalue weighted by Crippen LogP contribution is 2.37. The number of rotatable bonds is 5. The van der Waals surface area contributed by atoms with E-state index in [0.717, 1.165) is 24.3 Å². The fourth-order valence-electron chi connectivity index (χ4n) is 4.14. The number of aliphatic carboxylic acids is 1. The molecule has 4 rings (SSSR count). The Morgan fingerprint density at radius 2 is 1.49 bits per heavy atom. The van der Waals surface area contributed by atoms with Gasteiger partial charge in [-0.2, -0.15) is 26.3 Å². The van der Waals surface area contributed by atoms with Crippen molar-refractivity contribution >= 4 is 16.9 Å². The van der Waals surface area contributed by atoms with E-state index in [1.54, 1.807) is 37.4 Å². The van der Waals surface area contributed by atoms with Gasteiger partial charge in [0.25, 0.3) is 0 Å². The van der Waals surface area contributed by atoms with Crippen molar-refractivity contribution in [3.05, 3.63) is 95.2 Å². The van der Waals surface area contributed by atoms with Crippen molar-refractivity contribution in [1.29, 1.82) is 0 Å². The summed E-state index contributed by atoms with van der Waals surface area (Å²) in [5, 5.41) is 9.91. The Hall–Kier alpha value is -3.75. The molecule has 1 atom stereocenters. The topological polar surface area (TPSA) is 42.2 Å². The van der Waals surface area contributed by atoms with Crippen LogP contribution >= 0.6 is 0 Å². The van der Waals surface area contributed by atoms with Gasteiger partial charge in [0.05, 0.1) is 11.1 Å². The van der Waals surface area contributed by atoms with Crippen molar-refractivity contribution in [2.45, 2.75) is 31.7 Å². The van der Waals surface area contributed by atoms with E-state index >= 15 is 0 Å². The lowest BCUT2D eigenvalue weighted by atomic mass is 9.91. The second kappa shape index (κ2) is 8.79. The molecule has 3 nitrogen and oxygen atoms in total. The molecule has 0 radical (unpaired) electrons. The van der Waals surface area contributed by atoms with Crippen LogP contribution in [-0.2, 0) is 23.7 Å². The summed E-state index contributed by atoms with van der Waals surface area (Å²) in [6.07, 6.45) is -7.36. The van der Waals surface area contributed by atoms with Crippen LogP contribution in [0.25, 0.3) is 22.0 Å². The summed E-state index contributed by atoms with van der Waals surface area (Å²) in [6.45, 7) is 1.43. The average Bonchev–Trinajstić information content (AvgIpc) is 3.14. The zero-order chi connectivity index (χ0) is 25.5. The summed E-state index contributed by atoms with van der Waals surface area (Å²) in [4.78, 5) is 11.4. The molecule has 182 valence electrons. The first-order chi connectivity index (χ1) is 16.3. The van der Waals surface area contributed by atoms with Crippen LogP contribution in [0.2, 0.25) is 0 Å². The van der Waals surface area contributed by atoms with Crippen LogP contribution in [0.1, 0.15) is 35.1 Å². The minimum atomic E-state index is -4.51. The number of benzene rings is 3. The summed E-state index contributed by atoms with van der Waals surface area (Å²) < 4.78 is 79.9. The van der Waals surface area contributed by atoms with E-state index < -0.39 is 35.4 Å². The van der Waals surface area contributed by atoms with Crippen LogP contribution in [0.5, 0.6) is 0 Å². The lowest BCUT2D eigenvalue weighted by molar-refractivity contribution is -0.138. The van der Waals surface area contributed by atoms with Crippen LogP contribution in [0.3, 0.4) is 0 Å². The molecule has 4 aromatic rings. The van der Waals surface area contributed by atoms with Gasteiger partial charge in [0.2, 0.25) is 0 Å². The average molecular weight is 491 g/mol. The van der Waals surface area contributed by atoms with Crippen molar-refractivity contribution in [2.24, 2.45) is 0 Å². The van der Waals surface area contributed by atoms with Gasteiger partial charge in [0.1, 0.15) is 6.54 Å². The molecule has 0 aliphatic carbocycles.